The number of aliphatic hydroxyl groups excluding tert-OH is 2. The molecular weight excluding hydrogens is 771 g/mol. The number of nitrogens with zero attached hydrogens (tertiary/aromatic N) is 4. The van der Waals surface area contributed by atoms with Crippen LogP contribution in [-0.4, -0.2) is 112 Å². The van der Waals surface area contributed by atoms with Crippen molar-refractivity contribution in [2.45, 2.75) is 69.3 Å². The highest BCUT2D eigenvalue weighted by molar-refractivity contribution is 5.82. The molecule has 4 heterocycles. The fraction of sp³-hybridized carbons (Fsp3) is 0.450. The SMILES string of the molecule is CC(C)(c1ncc(-c2cncc(OC(F)F)c2)o1)N1CCN(C[C@@H](O)C[C@@H](Cc2ccccc2)C(=O)N[C@H]2c3ccccc3OC[C@H]2O)[C@H](C(=O)NCC(F)(F)F)C1. The molecule has 58 heavy (non-hydrogen) atoms. The minimum Gasteiger partial charge on any atom is -0.490 e. The summed E-state index contributed by atoms with van der Waals surface area (Å²) in [5.74, 6) is -1.42. The van der Waals surface area contributed by atoms with Crippen LogP contribution in [0.1, 0.15) is 43.3 Å². The Labute approximate surface area is 331 Å². The third-order valence-corrected chi connectivity index (χ3v) is 10.3. The van der Waals surface area contributed by atoms with Crippen LogP contribution in [0, 0.1) is 5.92 Å². The lowest BCUT2D eigenvalue weighted by Gasteiger charge is -2.46. The van der Waals surface area contributed by atoms with Crippen LogP contribution in [0.25, 0.3) is 11.3 Å². The summed E-state index contributed by atoms with van der Waals surface area (Å²) in [6.45, 7) is -0.968. The van der Waals surface area contributed by atoms with E-state index in [2.05, 4.69) is 20.0 Å². The van der Waals surface area contributed by atoms with Gasteiger partial charge in [-0.25, -0.2) is 4.98 Å². The number of aliphatic hydroxyl groups is 2. The van der Waals surface area contributed by atoms with Gasteiger partial charge in [0.25, 0.3) is 0 Å². The first-order chi connectivity index (χ1) is 27.6. The molecule has 0 saturated carbocycles. The number of hydrogen-bond donors (Lipinski definition) is 4. The van der Waals surface area contributed by atoms with Crippen molar-refractivity contribution in [2.75, 3.05) is 39.3 Å². The van der Waals surface area contributed by atoms with Gasteiger partial charge in [-0.15, -0.1) is 0 Å². The molecule has 2 aliphatic heterocycles. The van der Waals surface area contributed by atoms with Gasteiger partial charge in [-0.3, -0.25) is 24.4 Å². The number of oxazole rings is 1. The minimum atomic E-state index is -4.68. The first kappa shape index (κ1) is 42.4. The number of nitrogens with one attached hydrogen (secondary N) is 2. The Bertz CT molecular complexity index is 2000. The molecule has 6 rings (SSSR count). The van der Waals surface area contributed by atoms with Crippen molar-refractivity contribution in [3.63, 3.8) is 0 Å². The van der Waals surface area contributed by atoms with Crippen LogP contribution in [0.5, 0.6) is 11.5 Å². The van der Waals surface area contributed by atoms with Crippen molar-refractivity contribution in [3.8, 4) is 22.8 Å². The van der Waals surface area contributed by atoms with Gasteiger partial charge in [-0.05, 0) is 44.4 Å². The maximum Gasteiger partial charge on any atom is 0.405 e. The number of pyridine rings is 1. The van der Waals surface area contributed by atoms with Crippen molar-refractivity contribution >= 4 is 11.8 Å². The molecule has 2 aromatic heterocycles. The van der Waals surface area contributed by atoms with Crippen molar-refractivity contribution < 1.29 is 55.6 Å². The van der Waals surface area contributed by atoms with Crippen molar-refractivity contribution in [2.24, 2.45) is 5.92 Å². The molecule has 1 fully saturated rings. The Morgan fingerprint density at radius 2 is 1.78 bits per heavy atom. The summed E-state index contributed by atoms with van der Waals surface area (Å²) >= 11 is 0. The summed E-state index contributed by atoms with van der Waals surface area (Å²) in [6.07, 6.45) is -2.86. The number of hydrogen-bond acceptors (Lipinski definition) is 11. The number of halogens is 5. The highest BCUT2D eigenvalue weighted by Crippen LogP contribution is 2.35. The number of benzene rings is 2. The molecule has 5 atom stereocenters. The molecule has 18 heteroatoms. The number of amides is 2. The number of alkyl halides is 5. The topological polar surface area (TPSA) is 163 Å². The van der Waals surface area contributed by atoms with Gasteiger partial charge in [0, 0.05) is 49.4 Å². The molecule has 2 amide bonds. The summed E-state index contributed by atoms with van der Waals surface area (Å²) in [6, 6.07) is 15.6. The summed E-state index contributed by atoms with van der Waals surface area (Å²) in [7, 11) is 0. The number of aromatic nitrogens is 2. The Kier molecular flexibility index (Phi) is 13.3. The molecule has 4 N–H and O–H groups in total. The molecule has 0 spiro atoms. The number of para-hydroxylation sites is 1. The number of carbonyl (C=O) groups is 2. The van der Waals surface area contributed by atoms with Gasteiger partial charge in [0.2, 0.25) is 17.7 Å². The van der Waals surface area contributed by atoms with Gasteiger partial charge >= 0.3 is 12.8 Å². The Morgan fingerprint density at radius 1 is 1.03 bits per heavy atom. The average Bonchev–Trinajstić information content (AvgIpc) is 3.70. The number of piperazine rings is 1. The number of fused-ring (bicyclic) bond motifs is 1. The van der Waals surface area contributed by atoms with Gasteiger partial charge in [0.05, 0.1) is 30.1 Å². The Hall–Kier alpha value is -5.17. The van der Waals surface area contributed by atoms with Crippen LogP contribution in [0.4, 0.5) is 22.0 Å². The second-order valence-electron chi connectivity index (χ2n) is 14.8. The largest absolute Gasteiger partial charge is 0.490 e. The van der Waals surface area contributed by atoms with Crippen LogP contribution in [0.15, 0.2) is 83.7 Å². The van der Waals surface area contributed by atoms with E-state index < -0.39 is 66.9 Å². The first-order valence-electron chi connectivity index (χ1n) is 18.7. The van der Waals surface area contributed by atoms with E-state index in [0.717, 1.165) is 11.8 Å². The van der Waals surface area contributed by atoms with E-state index in [0.29, 0.717) is 16.9 Å². The minimum absolute atomic E-state index is 0.0317. The number of β-amino-alcohol motifs (C(OH)–C–C–N with tert-alkyl or cyclic N) is 1. The number of rotatable bonds is 15. The fourth-order valence-electron chi connectivity index (χ4n) is 7.30. The lowest BCUT2D eigenvalue weighted by Crippen LogP contribution is -2.63. The van der Waals surface area contributed by atoms with Crippen molar-refractivity contribution in [3.05, 3.63) is 96.3 Å². The third-order valence-electron chi connectivity index (χ3n) is 10.3. The zero-order chi connectivity index (χ0) is 41.6. The standard InChI is InChI=1S/C40H45F5N6O7/c1-39(2,37-47-19-33(58-37)26-16-28(18-46-17-26)57-38(41)42)51-13-12-50(30(21-51)36(55)48-23-40(43,44)45)20-27(52)15-25(14-24-8-4-3-5-9-24)35(54)49-34-29-10-6-7-11-32(29)56-22-31(34)53/h3-11,16-19,25,27,30-31,34,38,52-53H,12-15,20-23H2,1-2H3,(H,48,55)(H,49,54)/t25-,27+,30+,31-,34+/m1/s1. The molecule has 312 valence electrons. The van der Waals surface area contributed by atoms with Crippen LogP contribution >= 0.6 is 0 Å². The lowest BCUT2D eigenvalue weighted by molar-refractivity contribution is -0.144. The molecule has 1 saturated heterocycles. The Balaban J connectivity index is 1.18. The highest BCUT2D eigenvalue weighted by Gasteiger charge is 2.43. The quantitative estimate of drug-likeness (QED) is 0.126. The monoisotopic (exact) mass is 816 g/mol. The van der Waals surface area contributed by atoms with E-state index in [1.54, 1.807) is 43.0 Å². The molecule has 2 aliphatic rings. The highest BCUT2D eigenvalue weighted by atomic mass is 19.4. The van der Waals surface area contributed by atoms with Crippen LogP contribution in [-0.2, 0) is 21.5 Å². The molecule has 2 aromatic carbocycles. The predicted molar refractivity (Wildman–Crippen MR) is 198 cm³/mol. The van der Waals surface area contributed by atoms with Crippen molar-refractivity contribution in [1.82, 2.24) is 30.4 Å². The predicted octanol–water partition coefficient (Wildman–Crippen LogP) is 4.46. The van der Waals surface area contributed by atoms with Gasteiger partial charge in [0.15, 0.2) is 5.76 Å². The molecule has 4 aromatic rings. The second kappa shape index (κ2) is 18.2. The lowest BCUT2D eigenvalue weighted by atomic mass is 9.90. The third kappa shape index (κ3) is 10.7. The maximum atomic E-state index is 14.0. The van der Waals surface area contributed by atoms with Crippen molar-refractivity contribution in [1.29, 1.82) is 0 Å². The molecule has 0 unspecified atom stereocenters. The zero-order valence-corrected chi connectivity index (χ0v) is 31.7. The van der Waals surface area contributed by atoms with Crippen LogP contribution in [0.2, 0.25) is 0 Å². The molecule has 0 aliphatic carbocycles. The first-order valence-corrected chi connectivity index (χ1v) is 18.7. The summed E-state index contributed by atoms with van der Waals surface area (Å²) in [5.41, 5.74) is 0.711. The molecule has 0 radical (unpaired) electrons. The van der Waals surface area contributed by atoms with Gasteiger partial charge in [0.1, 0.15) is 36.8 Å². The summed E-state index contributed by atoms with van der Waals surface area (Å²) in [4.78, 5) is 39.2. The molecular formula is C40H45F5N6O7. The molecule has 13 nitrogen and oxygen atoms in total. The van der Waals surface area contributed by atoms with Gasteiger partial charge < -0.3 is 34.7 Å². The normalized spacial score (nSPS) is 20.1. The summed E-state index contributed by atoms with van der Waals surface area (Å²) in [5, 5.41) is 27.3. The van der Waals surface area contributed by atoms with E-state index in [1.807, 2.05) is 40.5 Å². The molecule has 0 bridgehead atoms. The van der Waals surface area contributed by atoms with Crippen LogP contribution in [0.3, 0.4) is 0 Å². The van der Waals surface area contributed by atoms with E-state index in [9.17, 15) is 41.8 Å². The number of ether oxygens (including phenoxy) is 2. The summed E-state index contributed by atoms with van der Waals surface area (Å²) < 4.78 is 81.5. The maximum absolute atomic E-state index is 14.0. The Morgan fingerprint density at radius 3 is 2.52 bits per heavy atom. The van der Waals surface area contributed by atoms with Gasteiger partial charge in [-0.2, -0.15) is 22.0 Å². The zero-order valence-electron chi connectivity index (χ0n) is 31.7. The van der Waals surface area contributed by atoms with E-state index in [4.69, 9.17) is 9.15 Å². The van der Waals surface area contributed by atoms with E-state index in [1.165, 1.54) is 18.5 Å². The smallest absolute Gasteiger partial charge is 0.405 e. The number of carbonyl (C=O) groups excluding carboxylic acids is 2. The second-order valence-corrected chi connectivity index (χ2v) is 14.8. The van der Waals surface area contributed by atoms with E-state index >= 15 is 0 Å². The van der Waals surface area contributed by atoms with Gasteiger partial charge in [-0.1, -0.05) is 48.5 Å². The van der Waals surface area contributed by atoms with Crippen LogP contribution < -0.4 is 20.1 Å². The fourth-order valence-corrected chi connectivity index (χ4v) is 7.30. The average molecular weight is 817 g/mol. The van der Waals surface area contributed by atoms with E-state index in [-0.39, 0.29) is 63.0 Å².